The molecule has 20 heavy (non-hydrogen) atoms. The second-order valence-corrected chi connectivity index (χ2v) is 5.69. The van der Waals surface area contributed by atoms with Gasteiger partial charge in [0.15, 0.2) is 0 Å². The van der Waals surface area contributed by atoms with Crippen molar-refractivity contribution in [2.45, 2.75) is 45.2 Å². The van der Waals surface area contributed by atoms with Crippen LogP contribution in [0.1, 0.15) is 36.8 Å². The van der Waals surface area contributed by atoms with Crippen LogP contribution in [0.5, 0.6) is 0 Å². The van der Waals surface area contributed by atoms with Crippen LogP contribution in [0.15, 0.2) is 28.2 Å². The zero-order chi connectivity index (χ0) is 14.2. The van der Waals surface area contributed by atoms with Gasteiger partial charge in [-0.1, -0.05) is 18.2 Å². The van der Waals surface area contributed by atoms with Crippen LogP contribution in [0, 0.1) is 13.8 Å². The number of nitrogens with zero attached hydrogens (tertiary/aromatic N) is 2. The first-order valence-electron chi connectivity index (χ1n) is 7.13. The van der Waals surface area contributed by atoms with Gasteiger partial charge in [-0.3, -0.25) is 0 Å². The number of benzene rings is 1. The number of anilines is 1. The number of nitrogens with one attached hydrogen (secondary N) is 2. The molecule has 0 radical (unpaired) electrons. The molecule has 0 amide bonds. The molecule has 2 aliphatic rings. The van der Waals surface area contributed by atoms with Gasteiger partial charge in [0.2, 0.25) is 11.9 Å². The Bertz CT molecular complexity index is 562. The molecular formula is C15H21N5. The monoisotopic (exact) mass is 271 g/mol. The summed E-state index contributed by atoms with van der Waals surface area (Å²) in [5, 5.41) is 6.81. The summed E-state index contributed by atoms with van der Waals surface area (Å²) in [5.74, 6) is 1.07. The van der Waals surface area contributed by atoms with E-state index in [-0.39, 0.29) is 5.66 Å². The minimum absolute atomic E-state index is 0.245. The third-order valence-corrected chi connectivity index (χ3v) is 4.06. The number of guanidine groups is 2. The molecule has 1 saturated carbocycles. The standard InChI is InChI=1S/C15H21N5/c1-10-6-5-7-11(2)12(10)17-14-18-13(16)19-15(20-14)8-3-4-9-15/h5-7H,3-4,8-9H2,1-2H3,(H4,16,17,18,19,20). The second kappa shape index (κ2) is 4.81. The van der Waals surface area contributed by atoms with E-state index in [4.69, 9.17) is 5.73 Å². The lowest BCUT2D eigenvalue weighted by atomic mass is 10.1. The lowest BCUT2D eigenvalue weighted by molar-refractivity contribution is 0.404. The summed E-state index contributed by atoms with van der Waals surface area (Å²) in [4.78, 5) is 8.81. The van der Waals surface area contributed by atoms with Crippen LogP contribution >= 0.6 is 0 Å². The number of para-hydroxylation sites is 1. The molecule has 1 aliphatic heterocycles. The highest BCUT2D eigenvalue weighted by Gasteiger charge is 2.36. The van der Waals surface area contributed by atoms with E-state index < -0.39 is 0 Å². The number of hydrogen-bond acceptors (Lipinski definition) is 5. The van der Waals surface area contributed by atoms with Crippen LogP contribution in [0.25, 0.3) is 0 Å². The van der Waals surface area contributed by atoms with Gasteiger partial charge in [0.25, 0.3) is 0 Å². The molecule has 1 aromatic rings. The predicted molar refractivity (Wildman–Crippen MR) is 82.9 cm³/mol. The normalized spacial score (nSPS) is 20.3. The first-order valence-corrected chi connectivity index (χ1v) is 7.13. The number of aryl methyl sites for hydroxylation is 2. The van der Waals surface area contributed by atoms with Crippen molar-refractivity contribution < 1.29 is 0 Å². The van der Waals surface area contributed by atoms with Crippen molar-refractivity contribution in [3.05, 3.63) is 29.3 Å². The highest BCUT2D eigenvalue weighted by atomic mass is 15.3. The van der Waals surface area contributed by atoms with E-state index in [1.165, 1.54) is 24.0 Å². The van der Waals surface area contributed by atoms with Gasteiger partial charge in [0.1, 0.15) is 5.66 Å². The van der Waals surface area contributed by atoms with Crippen LogP contribution in [0.2, 0.25) is 0 Å². The van der Waals surface area contributed by atoms with Crippen molar-refractivity contribution in [2.75, 3.05) is 5.32 Å². The molecule has 1 aromatic carbocycles. The van der Waals surface area contributed by atoms with Crippen LogP contribution in [-0.4, -0.2) is 17.6 Å². The van der Waals surface area contributed by atoms with Gasteiger partial charge < -0.3 is 16.4 Å². The molecule has 0 bridgehead atoms. The summed E-state index contributed by atoms with van der Waals surface area (Å²) in [6.07, 6.45) is 4.39. The van der Waals surface area contributed by atoms with Crippen molar-refractivity contribution in [3.63, 3.8) is 0 Å². The third kappa shape index (κ3) is 2.35. The van der Waals surface area contributed by atoms with E-state index in [2.05, 4.69) is 52.7 Å². The Kier molecular flexibility index (Phi) is 3.12. The van der Waals surface area contributed by atoms with Crippen LogP contribution in [0.3, 0.4) is 0 Å². The molecule has 0 atom stereocenters. The lowest BCUT2D eigenvalue weighted by Gasteiger charge is -2.31. The summed E-state index contributed by atoms with van der Waals surface area (Å²) in [7, 11) is 0. The fourth-order valence-corrected chi connectivity index (χ4v) is 3.02. The van der Waals surface area contributed by atoms with Crippen LogP contribution in [-0.2, 0) is 0 Å². The van der Waals surface area contributed by atoms with E-state index in [0.29, 0.717) is 11.9 Å². The molecule has 1 spiro atoms. The SMILES string of the molecule is Cc1cccc(C)c1NC1=NC(N)=NC2(CCCC2)N1. The molecule has 4 N–H and O–H groups in total. The maximum Gasteiger partial charge on any atom is 0.220 e. The molecule has 5 nitrogen and oxygen atoms in total. The van der Waals surface area contributed by atoms with E-state index in [1.54, 1.807) is 0 Å². The Morgan fingerprint density at radius 1 is 1.20 bits per heavy atom. The first kappa shape index (κ1) is 13.0. The van der Waals surface area contributed by atoms with Crippen molar-refractivity contribution in [2.24, 2.45) is 15.7 Å². The summed E-state index contributed by atoms with van der Waals surface area (Å²) in [5.41, 5.74) is 9.11. The number of aliphatic imine (C=N–C) groups is 2. The van der Waals surface area contributed by atoms with Crippen molar-refractivity contribution in [1.29, 1.82) is 0 Å². The highest BCUT2D eigenvalue weighted by molar-refractivity contribution is 6.04. The van der Waals surface area contributed by atoms with E-state index in [0.717, 1.165) is 18.5 Å². The molecule has 106 valence electrons. The Labute approximate surface area is 119 Å². The van der Waals surface area contributed by atoms with Gasteiger partial charge in [0, 0.05) is 5.69 Å². The van der Waals surface area contributed by atoms with Gasteiger partial charge in [-0.15, -0.1) is 0 Å². The largest absolute Gasteiger partial charge is 0.368 e. The lowest BCUT2D eigenvalue weighted by Crippen LogP contribution is -2.52. The molecule has 0 saturated heterocycles. The maximum atomic E-state index is 5.89. The zero-order valence-corrected chi connectivity index (χ0v) is 12.0. The zero-order valence-electron chi connectivity index (χ0n) is 12.0. The Morgan fingerprint density at radius 2 is 1.85 bits per heavy atom. The third-order valence-electron chi connectivity index (χ3n) is 4.06. The van der Waals surface area contributed by atoms with Gasteiger partial charge in [0.05, 0.1) is 0 Å². The number of hydrogen-bond donors (Lipinski definition) is 3. The molecule has 3 rings (SSSR count). The molecule has 1 aliphatic carbocycles. The van der Waals surface area contributed by atoms with E-state index in [1.807, 2.05) is 0 Å². The maximum absolute atomic E-state index is 5.89. The number of nitrogens with two attached hydrogens (primary N) is 1. The smallest absolute Gasteiger partial charge is 0.220 e. The molecule has 1 heterocycles. The van der Waals surface area contributed by atoms with Crippen LogP contribution < -0.4 is 16.4 Å². The van der Waals surface area contributed by atoms with Gasteiger partial charge in [-0.2, -0.15) is 4.99 Å². The molecular weight excluding hydrogens is 250 g/mol. The van der Waals surface area contributed by atoms with Crippen molar-refractivity contribution in [3.8, 4) is 0 Å². The Morgan fingerprint density at radius 3 is 2.50 bits per heavy atom. The minimum Gasteiger partial charge on any atom is -0.368 e. The van der Waals surface area contributed by atoms with E-state index >= 15 is 0 Å². The first-order chi connectivity index (χ1) is 9.58. The van der Waals surface area contributed by atoms with E-state index in [9.17, 15) is 0 Å². The summed E-state index contributed by atoms with van der Waals surface area (Å²) >= 11 is 0. The van der Waals surface area contributed by atoms with Crippen molar-refractivity contribution in [1.82, 2.24) is 5.32 Å². The summed E-state index contributed by atoms with van der Waals surface area (Å²) in [6, 6.07) is 6.23. The van der Waals surface area contributed by atoms with Gasteiger partial charge in [-0.25, -0.2) is 4.99 Å². The summed E-state index contributed by atoms with van der Waals surface area (Å²) < 4.78 is 0. The van der Waals surface area contributed by atoms with Crippen molar-refractivity contribution >= 4 is 17.6 Å². The van der Waals surface area contributed by atoms with Gasteiger partial charge in [-0.05, 0) is 50.7 Å². The Balaban J connectivity index is 1.86. The number of rotatable bonds is 1. The average molecular weight is 271 g/mol. The molecule has 0 unspecified atom stereocenters. The predicted octanol–water partition coefficient (Wildman–Crippen LogP) is 2.26. The molecule has 5 heteroatoms. The quantitative estimate of drug-likeness (QED) is 0.733. The van der Waals surface area contributed by atoms with Gasteiger partial charge >= 0.3 is 0 Å². The fraction of sp³-hybridized carbons (Fsp3) is 0.467. The topological polar surface area (TPSA) is 74.8 Å². The average Bonchev–Trinajstić information content (AvgIpc) is 2.81. The fourth-order valence-electron chi connectivity index (χ4n) is 3.02. The molecule has 0 aromatic heterocycles. The minimum atomic E-state index is -0.245. The second-order valence-electron chi connectivity index (χ2n) is 5.69. The highest BCUT2D eigenvalue weighted by Crippen LogP contribution is 2.32. The Hall–Kier alpha value is -2.04. The summed E-state index contributed by atoms with van der Waals surface area (Å²) in [6.45, 7) is 4.17. The van der Waals surface area contributed by atoms with Crippen LogP contribution in [0.4, 0.5) is 5.69 Å². The molecule has 1 fully saturated rings.